The molecular weight excluding hydrogens is 258 g/mol. The van der Waals surface area contributed by atoms with E-state index in [9.17, 15) is 18.0 Å². The van der Waals surface area contributed by atoms with Gasteiger partial charge in [-0.2, -0.15) is 8.42 Å². The number of carbonyl (C=O) groups excluding carboxylic acids is 2. The number of nitrogens with zero attached hydrogens (tertiary/aromatic N) is 1. The number of hydrogen-bond acceptors (Lipinski definition) is 5. The Morgan fingerprint density at radius 1 is 1.28 bits per heavy atom. The first-order valence-corrected chi connectivity index (χ1v) is 7.94. The second kappa shape index (κ2) is 4.62. The highest BCUT2D eigenvalue weighted by Gasteiger charge is 2.53. The average molecular weight is 275 g/mol. The molecule has 1 aliphatic carbocycles. The minimum absolute atomic E-state index is 0.147. The zero-order chi connectivity index (χ0) is 13.5. The number of amides is 2. The maximum absolute atomic E-state index is 12.1. The van der Waals surface area contributed by atoms with Gasteiger partial charge in [0.25, 0.3) is 21.9 Å². The van der Waals surface area contributed by atoms with Gasteiger partial charge in [0.05, 0.1) is 18.1 Å². The number of hydrogen-bond donors (Lipinski definition) is 0. The molecule has 0 aromatic heterocycles. The van der Waals surface area contributed by atoms with E-state index in [1.807, 2.05) is 6.92 Å². The topological polar surface area (TPSA) is 80.8 Å². The highest BCUT2D eigenvalue weighted by atomic mass is 32.2. The predicted molar refractivity (Wildman–Crippen MR) is 62.4 cm³/mol. The summed E-state index contributed by atoms with van der Waals surface area (Å²) in [5.74, 6) is -1.67. The molecule has 6 nitrogen and oxygen atoms in total. The molecule has 2 amide bonds. The number of hydroxylamine groups is 2. The fraction of sp³-hybridized carbons (Fsp3) is 0.818. The van der Waals surface area contributed by atoms with E-state index < -0.39 is 33.8 Å². The summed E-state index contributed by atoms with van der Waals surface area (Å²) >= 11 is 0. The van der Waals surface area contributed by atoms with E-state index in [4.69, 9.17) is 0 Å². The van der Waals surface area contributed by atoms with Crippen molar-refractivity contribution in [3.8, 4) is 0 Å². The van der Waals surface area contributed by atoms with Gasteiger partial charge in [-0.05, 0) is 18.8 Å². The molecule has 1 saturated heterocycles. The molecule has 0 N–H and O–H groups in total. The molecule has 3 atom stereocenters. The van der Waals surface area contributed by atoms with E-state index in [1.54, 1.807) is 0 Å². The summed E-state index contributed by atoms with van der Waals surface area (Å²) < 4.78 is 26.6. The molecule has 3 unspecified atom stereocenters. The summed E-state index contributed by atoms with van der Waals surface area (Å²) in [6, 6.07) is 0. The summed E-state index contributed by atoms with van der Waals surface area (Å²) in [7, 11) is -3.86. The van der Waals surface area contributed by atoms with Crippen LogP contribution in [-0.4, -0.2) is 31.6 Å². The lowest BCUT2D eigenvalue weighted by molar-refractivity contribution is -0.165. The fourth-order valence-corrected chi connectivity index (χ4v) is 3.42. The van der Waals surface area contributed by atoms with Crippen LogP contribution < -0.4 is 0 Å². The monoisotopic (exact) mass is 275 g/mol. The van der Waals surface area contributed by atoms with Gasteiger partial charge in [-0.25, -0.2) is 0 Å². The molecule has 7 heteroatoms. The molecule has 2 rings (SSSR count). The van der Waals surface area contributed by atoms with E-state index in [0.717, 1.165) is 25.5 Å². The van der Waals surface area contributed by atoms with Gasteiger partial charge in [-0.3, -0.25) is 9.59 Å². The maximum atomic E-state index is 12.1. The van der Waals surface area contributed by atoms with Crippen LogP contribution in [0.3, 0.4) is 0 Å². The second-order valence-electron chi connectivity index (χ2n) is 4.98. The van der Waals surface area contributed by atoms with Crippen molar-refractivity contribution >= 4 is 21.9 Å². The van der Waals surface area contributed by atoms with Crippen LogP contribution in [0, 0.1) is 17.8 Å². The van der Waals surface area contributed by atoms with Crippen molar-refractivity contribution in [2.45, 2.75) is 32.6 Å². The van der Waals surface area contributed by atoms with E-state index in [1.165, 1.54) is 0 Å². The third-order valence-electron chi connectivity index (χ3n) is 3.77. The first-order chi connectivity index (χ1) is 8.35. The average Bonchev–Trinajstić information content (AvgIpc) is 2.53. The molecule has 2 fully saturated rings. The lowest BCUT2D eigenvalue weighted by atomic mass is 9.72. The Morgan fingerprint density at radius 2 is 1.94 bits per heavy atom. The number of imide groups is 1. The van der Waals surface area contributed by atoms with Crippen LogP contribution in [-0.2, 0) is 24.0 Å². The normalized spacial score (nSPS) is 32.8. The summed E-state index contributed by atoms with van der Waals surface area (Å²) in [6.07, 6.45) is 4.07. The standard InChI is InChI=1S/C11H17NO5S/c1-3-7-5-4-6-8-9(7)11(14)12(10(8)13)17-18(2,15)16/h7-9H,3-6H2,1-2H3. The summed E-state index contributed by atoms with van der Waals surface area (Å²) in [5, 5.41) is 0.457. The van der Waals surface area contributed by atoms with Gasteiger partial charge in [0.1, 0.15) is 0 Å². The van der Waals surface area contributed by atoms with Crippen LogP contribution in [0.25, 0.3) is 0 Å². The second-order valence-corrected chi connectivity index (χ2v) is 6.54. The van der Waals surface area contributed by atoms with E-state index >= 15 is 0 Å². The first kappa shape index (κ1) is 13.5. The van der Waals surface area contributed by atoms with E-state index in [0.29, 0.717) is 11.5 Å². The van der Waals surface area contributed by atoms with Crippen molar-refractivity contribution in [1.82, 2.24) is 5.06 Å². The van der Waals surface area contributed by atoms with Gasteiger partial charge < -0.3 is 0 Å². The Morgan fingerprint density at radius 3 is 2.50 bits per heavy atom. The molecule has 102 valence electrons. The minimum atomic E-state index is -3.86. The highest BCUT2D eigenvalue weighted by molar-refractivity contribution is 7.85. The zero-order valence-electron chi connectivity index (χ0n) is 10.5. The third-order valence-corrected chi connectivity index (χ3v) is 4.19. The van der Waals surface area contributed by atoms with E-state index in [-0.39, 0.29) is 5.92 Å². The van der Waals surface area contributed by atoms with Crippen LogP contribution in [0.2, 0.25) is 0 Å². The smallest absolute Gasteiger partial charge is 0.272 e. The van der Waals surface area contributed by atoms with Gasteiger partial charge in [0, 0.05) is 0 Å². The van der Waals surface area contributed by atoms with Gasteiger partial charge in [-0.1, -0.05) is 19.8 Å². The third kappa shape index (κ3) is 2.29. The molecule has 0 aromatic rings. The van der Waals surface area contributed by atoms with Crippen molar-refractivity contribution in [1.29, 1.82) is 0 Å². The molecule has 1 heterocycles. The van der Waals surface area contributed by atoms with Crippen LogP contribution in [0.5, 0.6) is 0 Å². The number of fused-ring (bicyclic) bond motifs is 1. The Labute approximate surface area is 106 Å². The lowest BCUT2D eigenvalue weighted by Gasteiger charge is -2.29. The molecule has 2 aliphatic rings. The maximum Gasteiger partial charge on any atom is 0.285 e. The minimum Gasteiger partial charge on any atom is -0.272 e. The Bertz CT molecular complexity index is 472. The van der Waals surface area contributed by atoms with E-state index in [2.05, 4.69) is 4.28 Å². The lowest BCUT2D eigenvalue weighted by Crippen LogP contribution is -2.34. The van der Waals surface area contributed by atoms with Crippen molar-refractivity contribution in [2.75, 3.05) is 6.26 Å². The molecule has 0 aromatic carbocycles. The summed E-state index contributed by atoms with van der Waals surface area (Å²) in [5.41, 5.74) is 0. The van der Waals surface area contributed by atoms with Crippen molar-refractivity contribution in [2.24, 2.45) is 17.8 Å². The van der Waals surface area contributed by atoms with Crippen molar-refractivity contribution < 1.29 is 22.3 Å². The molecule has 0 bridgehead atoms. The summed E-state index contributed by atoms with van der Waals surface area (Å²) in [6.45, 7) is 1.98. The molecule has 1 aliphatic heterocycles. The first-order valence-electron chi connectivity index (χ1n) is 6.12. The Kier molecular flexibility index (Phi) is 3.46. The summed E-state index contributed by atoms with van der Waals surface area (Å²) in [4.78, 5) is 24.1. The van der Waals surface area contributed by atoms with Crippen molar-refractivity contribution in [3.05, 3.63) is 0 Å². The van der Waals surface area contributed by atoms with Crippen LogP contribution in [0.15, 0.2) is 0 Å². The molecule has 0 radical (unpaired) electrons. The van der Waals surface area contributed by atoms with Gasteiger partial charge in [0.2, 0.25) is 0 Å². The highest BCUT2D eigenvalue weighted by Crippen LogP contribution is 2.43. The van der Waals surface area contributed by atoms with Gasteiger partial charge >= 0.3 is 0 Å². The van der Waals surface area contributed by atoms with Gasteiger partial charge in [0.15, 0.2) is 0 Å². The van der Waals surface area contributed by atoms with Crippen LogP contribution >= 0.6 is 0 Å². The fourth-order valence-electron chi connectivity index (χ4n) is 3.00. The molecule has 18 heavy (non-hydrogen) atoms. The number of rotatable bonds is 3. The van der Waals surface area contributed by atoms with Crippen LogP contribution in [0.4, 0.5) is 0 Å². The SMILES string of the molecule is CCC1CCCC2C(=O)N(OS(C)(=O)=O)C(=O)C12. The van der Waals surface area contributed by atoms with Crippen molar-refractivity contribution in [3.63, 3.8) is 0 Å². The largest absolute Gasteiger partial charge is 0.285 e. The predicted octanol–water partition coefficient (Wildman–Crippen LogP) is 0.689. The zero-order valence-corrected chi connectivity index (χ0v) is 11.3. The quantitative estimate of drug-likeness (QED) is 0.708. The van der Waals surface area contributed by atoms with Crippen LogP contribution in [0.1, 0.15) is 32.6 Å². The molecular formula is C11H17NO5S. The Hall–Kier alpha value is -0.950. The molecule has 1 saturated carbocycles. The number of carbonyl (C=O) groups is 2. The molecule has 0 spiro atoms. The van der Waals surface area contributed by atoms with Gasteiger partial charge in [-0.15, -0.1) is 9.35 Å². The Balaban J connectivity index is 2.27.